The molecule has 1 aromatic carbocycles. The Kier molecular flexibility index (Phi) is 2.50. The number of phenols is 1. The summed E-state index contributed by atoms with van der Waals surface area (Å²) in [7, 11) is 0. The largest absolute Gasteiger partial charge is 0.506 e. The number of hydrogen-bond acceptors (Lipinski definition) is 4. The van der Waals surface area contributed by atoms with Crippen LogP contribution in [0, 0.1) is 0 Å². The van der Waals surface area contributed by atoms with E-state index in [4.69, 9.17) is 0 Å². The summed E-state index contributed by atoms with van der Waals surface area (Å²) in [6.45, 7) is 1.86. The van der Waals surface area contributed by atoms with Gasteiger partial charge < -0.3 is 15.2 Å². The third-order valence-corrected chi connectivity index (χ3v) is 3.27. The molecule has 1 atom stereocenters. The van der Waals surface area contributed by atoms with Gasteiger partial charge in [-0.05, 0) is 12.5 Å². The predicted octanol–water partition coefficient (Wildman–Crippen LogP) is 1.74. The van der Waals surface area contributed by atoms with Crippen LogP contribution in [0.4, 0.5) is 0 Å². The Morgan fingerprint density at radius 2 is 2.27 bits per heavy atom. The highest BCUT2D eigenvalue weighted by Gasteiger charge is 2.14. The molecule has 0 bridgehead atoms. The highest BCUT2D eigenvalue weighted by Crippen LogP contribution is 2.32. The third kappa shape index (κ3) is 1.64. The van der Waals surface area contributed by atoms with Crippen LogP contribution in [0.1, 0.15) is 25.0 Å². The molecule has 0 radical (unpaired) electrons. The molecular formula is C10H11NO3S. The summed E-state index contributed by atoms with van der Waals surface area (Å²) in [6, 6.07) is 3.13. The summed E-state index contributed by atoms with van der Waals surface area (Å²) in [5, 5.41) is 19.3. The van der Waals surface area contributed by atoms with Crippen LogP contribution >= 0.6 is 11.3 Å². The molecule has 2 rings (SSSR count). The summed E-state index contributed by atoms with van der Waals surface area (Å²) in [4.78, 5) is 13.5. The number of aliphatic hydroxyl groups is 1. The van der Waals surface area contributed by atoms with Crippen molar-refractivity contribution in [3.63, 3.8) is 0 Å². The second kappa shape index (κ2) is 3.67. The van der Waals surface area contributed by atoms with Gasteiger partial charge in [0.15, 0.2) is 0 Å². The molecule has 5 heteroatoms. The fourth-order valence-corrected chi connectivity index (χ4v) is 2.44. The van der Waals surface area contributed by atoms with Gasteiger partial charge in [-0.3, -0.25) is 4.79 Å². The average Bonchev–Trinajstić information content (AvgIpc) is 2.60. The van der Waals surface area contributed by atoms with Crippen molar-refractivity contribution in [1.29, 1.82) is 0 Å². The highest BCUT2D eigenvalue weighted by atomic mass is 32.1. The van der Waals surface area contributed by atoms with Gasteiger partial charge in [0.2, 0.25) is 0 Å². The first-order chi connectivity index (χ1) is 7.13. The molecule has 0 fully saturated rings. The summed E-state index contributed by atoms with van der Waals surface area (Å²) < 4.78 is 0.634. The number of hydrogen-bond donors (Lipinski definition) is 3. The number of phenolic OH excluding ortho intramolecular Hbond substituents is 1. The number of thiazole rings is 1. The van der Waals surface area contributed by atoms with Crippen LogP contribution in [0.15, 0.2) is 16.9 Å². The minimum absolute atomic E-state index is 0.0374. The Morgan fingerprint density at radius 3 is 2.93 bits per heavy atom. The maximum atomic E-state index is 11.2. The molecule has 2 aromatic rings. The molecule has 80 valence electrons. The molecule has 1 aromatic heterocycles. The molecule has 0 saturated heterocycles. The quantitative estimate of drug-likeness (QED) is 0.728. The molecule has 0 aliphatic carbocycles. The Bertz CT molecular complexity index is 543. The number of nitrogens with one attached hydrogen (secondary N) is 1. The molecule has 1 heterocycles. The number of rotatable bonds is 2. The first-order valence-electron chi connectivity index (χ1n) is 4.66. The monoisotopic (exact) mass is 225 g/mol. The van der Waals surface area contributed by atoms with Gasteiger partial charge in [-0.15, -0.1) is 0 Å². The minimum Gasteiger partial charge on any atom is -0.506 e. The van der Waals surface area contributed by atoms with Crippen LogP contribution in [0.3, 0.4) is 0 Å². The molecule has 15 heavy (non-hydrogen) atoms. The fraction of sp³-hybridized carbons (Fsp3) is 0.300. The van der Waals surface area contributed by atoms with E-state index in [1.165, 1.54) is 6.07 Å². The Balaban J connectivity index is 2.76. The van der Waals surface area contributed by atoms with Gasteiger partial charge >= 0.3 is 4.87 Å². The van der Waals surface area contributed by atoms with E-state index in [2.05, 4.69) is 4.98 Å². The third-order valence-electron chi connectivity index (χ3n) is 2.33. The van der Waals surface area contributed by atoms with E-state index >= 15 is 0 Å². The normalized spacial score (nSPS) is 13.2. The second-order valence-corrected chi connectivity index (χ2v) is 4.30. The fourth-order valence-electron chi connectivity index (χ4n) is 1.52. The number of aromatic hydroxyl groups is 1. The predicted molar refractivity (Wildman–Crippen MR) is 59.4 cm³/mol. The zero-order chi connectivity index (χ0) is 11.0. The van der Waals surface area contributed by atoms with Crippen LogP contribution < -0.4 is 4.87 Å². The molecule has 0 saturated carbocycles. The molecule has 0 aliphatic heterocycles. The standard InChI is InChI=1S/C10H11NO3S/c1-2-6(12)5-3-4-7(13)8-9(5)15-10(14)11-8/h3-4,6,12-13H,2H2,1H3,(H,11,14). The second-order valence-electron chi connectivity index (χ2n) is 3.32. The van der Waals surface area contributed by atoms with Crippen molar-refractivity contribution >= 4 is 21.6 Å². The Morgan fingerprint density at radius 1 is 1.53 bits per heavy atom. The topological polar surface area (TPSA) is 73.3 Å². The van der Waals surface area contributed by atoms with E-state index in [0.717, 1.165) is 11.3 Å². The zero-order valence-corrected chi connectivity index (χ0v) is 8.97. The molecule has 0 spiro atoms. The summed E-state index contributed by atoms with van der Waals surface area (Å²) in [6.07, 6.45) is -0.0223. The SMILES string of the molecule is CCC(O)c1ccc(O)c2[nH]c(=O)sc12. The molecule has 4 nitrogen and oxygen atoms in total. The molecule has 0 aliphatic rings. The number of benzene rings is 1. The van der Waals surface area contributed by atoms with Crippen LogP contribution in [0.5, 0.6) is 5.75 Å². The average molecular weight is 225 g/mol. The van der Waals surface area contributed by atoms with Crippen LogP contribution in [0.2, 0.25) is 0 Å². The molecular weight excluding hydrogens is 214 g/mol. The zero-order valence-electron chi connectivity index (χ0n) is 8.15. The van der Waals surface area contributed by atoms with E-state index in [0.29, 0.717) is 22.2 Å². The lowest BCUT2D eigenvalue weighted by atomic mass is 10.1. The first kappa shape index (κ1) is 10.2. The maximum Gasteiger partial charge on any atom is 0.305 e. The summed E-state index contributed by atoms with van der Waals surface area (Å²) >= 11 is 1.01. The van der Waals surface area contributed by atoms with E-state index in [1.807, 2.05) is 6.92 Å². The summed E-state index contributed by atoms with van der Waals surface area (Å²) in [5.74, 6) is 0.0374. The molecule has 3 N–H and O–H groups in total. The van der Waals surface area contributed by atoms with Gasteiger partial charge in [0, 0.05) is 5.56 Å². The maximum absolute atomic E-state index is 11.2. The van der Waals surface area contributed by atoms with Crippen molar-refractivity contribution in [3.8, 4) is 5.75 Å². The van der Waals surface area contributed by atoms with Crippen molar-refractivity contribution in [1.82, 2.24) is 4.98 Å². The van der Waals surface area contributed by atoms with Crippen molar-refractivity contribution in [2.24, 2.45) is 0 Å². The van der Waals surface area contributed by atoms with E-state index < -0.39 is 6.10 Å². The van der Waals surface area contributed by atoms with Crippen molar-refractivity contribution in [3.05, 3.63) is 27.4 Å². The Labute approximate surface area is 89.8 Å². The lowest BCUT2D eigenvalue weighted by molar-refractivity contribution is 0.175. The van der Waals surface area contributed by atoms with Crippen LogP contribution in [-0.2, 0) is 0 Å². The lowest BCUT2D eigenvalue weighted by Gasteiger charge is -2.08. The lowest BCUT2D eigenvalue weighted by Crippen LogP contribution is -1.94. The van der Waals surface area contributed by atoms with Crippen molar-refractivity contribution in [2.75, 3.05) is 0 Å². The van der Waals surface area contributed by atoms with E-state index in [1.54, 1.807) is 6.07 Å². The first-order valence-corrected chi connectivity index (χ1v) is 5.48. The molecule has 0 amide bonds. The minimum atomic E-state index is -0.598. The highest BCUT2D eigenvalue weighted by molar-refractivity contribution is 7.16. The number of H-pyrrole nitrogens is 1. The van der Waals surface area contributed by atoms with Crippen molar-refractivity contribution in [2.45, 2.75) is 19.4 Å². The van der Waals surface area contributed by atoms with Gasteiger partial charge in [0.25, 0.3) is 0 Å². The van der Waals surface area contributed by atoms with Crippen LogP contribution in [0.25, 0.3) is 10.2 Å². The number of fused-ring (bicyclic) bond motifs is 1. The number of aromatic nitrogens is 1. The number of aromatic amines is 1. The van der Waals surface area contributed by atoms with Crippen LogP contribution in [-0.4, -0.2) is 15.2 Å². The van der Waals surface area contributed by atoms with Gasteiger partial charge in [-0.2, -0.15) is 0 Å². The van der Waals surface area contributed by atoms with Gasteiger partial charge in [0.1, 0.15) is 11.3 Å². The van der Waals surface area contributed by atoms with E-state index in [9.17, 15) is 15.0 Å². The summed E-state index contributed by atoms with van der Waals surface area (Å²) in [5.41, 5.74) is 1.10. The molecule has 1 unspecified atom stereocenters. The Hall–Kier alpha value is -1.33. The van der Waals surface area contributed by atoms with Gasteiger partial charge in [0.05, 0.1) is 10.8 Å². The number of aliphatic hydroxyl groups excluding tert-OH is 1. The van der Waals surface area contributed by atoms with Gasteiger partial charge in [-0.25, -0.2) is 0 Å². The van der Waals surface area contributed by atoms with Crippen molar-refractivity contribution < 1.29 is 10.2 Å². The van der Waals surface area contributed by atoms with Gasteiger partial charge in [-0.1, -0.05) is 24.3 Å². The van der Waals surface area contributed by atoms with E-state index in [-0.39, 0.29) is 10.6 Å². The smallest absolute Gasteiger partial charge is 0.305 e.